The minimum absolute atomic E-state index is 0. The van der Waals surface area contributed by atoms with Crippen LogP contribution >= 0.6 is 12.4 Å². The third-order valence-electron chi connectivity index (χ3n) is 7.63. The van der Waals surface area contributed by atoms with Crippen molar-refractivity contribution in [2.75, 3.05) is 5.32 Å². The molecule has 3 aliphatic rings. The monoisotopic (exact) mass is 500 g/mol. The Hall–Kier alpha value is -2.87. The maximum atomic E-state index is 13.7. The minimum Gasteiger partial charge on any atom is -0.459 e. The number of para-hydroxylation sites is 1. The van der Waals surface area contributed by atoms with Gasteiger partial charge in [-0.3, -0.25) is 14.8 Å². The number of nitrogens with zero attached hydrogens (tertiary/aromatic N) is 3. The molecule has 2 saturated carbocycles. The first-order chi connectivity index (χ1) is 16.5. The Morgan fingerprint density at radius 2 is 1.77 bits per heavy atom. The maximum absolute atomic E-state index is 13.7. The SMILES string of the molecule is CC1=C(C(=O)OC2CCCCC2)C(c2ccccc2[N+](=O)[O-])c2c(C3CCCC3)nn(C)c2N1.Cl. The van der Waals surface area contributed by atoms with Crippen molar-refractivity contribution in [2.45, 2.75) is 82.7 Å². The summed E-state index contributed by atoms with van der Waals surface area (Å²) in [5.41, 5.74) is 3.47. The van der Waals surface area contributed by atoms with Crippen LogP contribution in [0.15, 0.2) is 35.5 Å². The molecular formula is C26H33ClN4O4. The largest absolute Gasteiger partial charge is 0.459 e. The van der Waals surface area contributed by atoms with Gasteiger partial charge in [0.2, 0.25) is 0 Å². The highest BCUT2D eigenvalue weighted by molar-refractivity contribution is 5.95. The second kappa shape index (κ2) is 10.4. The average molecular weight is 501 g/mol. The van der Waals surface area contributed by atoms with Crippen LogP contribution in [0.2, 0.25) is 0 Å². The number of nitro benzene ring substituents is 1. The van der Waals surface area contributed by atoms with E-state index in [1.807, 2.05) is 18.7 Å². The van der Waals surface area contributed by atoms with Crippen molar-refractivity contribution in [2.24, 2.45) is 7.05 Å². The van der Waals surface area contributed by atoms with Gasteiger partial charge >= 0.3 is 5.97 Å². The van der Waals surface area contributed by atoms with E-state index in [2.05, 4.69) is 5.32 Å². The van der Waals surface area contributed by atoms with E-state index in [1.54, 1.807) is 18.2 Å². The average Bonchev–Trinajstić information content (AvgIpc) is 3.47. The lowest BCUT2D eigenvalue weighted by atomic mass is 9.78. The van der Waals surface area contributed by atoms with Crippen LogP contribution in [-0.4, -0.2) is 26.8 Å². The Kier molecular flexibility index (Phi) is 7.50. The first-order valence-electron chi connectivity index (χ1n) is 12.4. The molecule has 0 saturated heterocycles. The fraction of sp³-hybridized carbons (Fsp3) is 0.538. The number of fused-ring (bicyclic) bond motifs is 1. The highest BCUT2D eigenvalue weighted by atomic mass is 35.5. The summed E-state index contributed by atoms with van der Waals surface area (Å²) in [7, 11) is 1.89. The molecule has 0 spiro atoms. The van der Waals surface area contributed by atoms with Crippen LogP contribution in [0.3, 0.4) is 0 Å². The van der Waals surface area contributed by atoms with Gasteiger partial charge in [0.25, 0.3) is 5.69 Å². The van der Waals surface area contributed by atoms with Crippen LogP contribution in [0, 0.1) is 10.1 Å². The van der Waals surface area contributed by atoms with Gasteiger partial charge in [0.15, 0.2) is 0 Å². The van der Waals surface area contributed by atoms with E-state index in [1.165, 1.54) is 12.5 Å². The molecule has 9 heteroatoms. The number of halogens is 1. The number of carbonyl (C=O) groups excluding carboxylic acids is 1. The second-order valence-electron chi connectivity index (χ2n) is 9.83. The standard InChI is InChI=1S/C26H32N4O4.ClH/c1-16-21(26(31)34-18-12-4-3-5-13-18)22(19-14-8-9-15-20(19)30(32)33)23-24(17-10-6-7-11-17)28-29(2)25(23)27-16;/h8-9,14-15,17-18,22,27H,3-7,10-13H2,1-2H3;1H. The van der Waals surface area contributed by atoms with Crippen molar-refractivity contribution in [1.82, 2.24) is 9.78 Å². The van der Waals surface area contributed by atoms with Gasteiger partial charge in [-0.15, -0.1) is 12.4 Å². The zero-order valence-electron chi connectivity index (χ0n) is 20.3. The molecule has 0 radical (unpaired) electrons. The molecule has 2 aromatic rings. The van der Waals surface area contributed by atoms with Crippen LogP contribution in [0.25, 0.3) is 0 Å². The molecule has 1 aromatic carbocycles. The van der Waals surface area contributed by atoms with Crippen LogP contribution in [0.4, 0.5) is 11.5 Å². The number of carbonyl (C=O) groups is 1. The van der Waals surface area contributed by atoms with E-state index in [0.717, 1.165) is 68.4 Å². The number of nitro groups is 1. The minimum atomic E-state index is -0.599. The summed E-state index contributed by atoms with van der Waals surface area (Å²) >= 11 is 0. The molecule has 2 heterocycles. The quantitative estimate of drug-likeness (QED) is 0.302. The van der Waals surface area contributed by atoms with Crippen molar-refractivity contribution in [3.63, 3.8) is 0 Å². The number of aryl methyl sites for hydroxylation is 1. The fourth-order valence-electron chi connectivity index (χ4n) is 5.98. The van der Waals surface area contributed by atoms with E-state index >= 15 is 0 Å². The van der Waals surface area contributed by atoms with Crippen molar-refractivity contribution < 1.29 is 14.5 Å². The molecule has 1 unspecified atom stereocenters. The van der Waals surface area contributed by atoms with Crippen LogP contribution in [0.5, 0.6) is 0 Å². The van der Waals surface area contributed by atoms with Gasteiger partial charge in [-0.1, -0.05) is 37.5 Å². The summed E-state index contributed by atoms with van der Waals surface area (Å²) < 4.78 is 7.82. The molecule has 1 aliphatic heterocycles. The number of aromatic nitrogens is 2. The summed E-state index contributed by atoms with van der Waals surface area (Å²) in [6, 6.07) is 6.75. The highest BCUT2D eigenvalue weighted by Gasteiger charge is 2.42. The lowest BCUT2D eigenvalue weighted by molar-refractivity contribution is -0.385. The summed E-state index contributed by atoms with van der Waals surface area (Å²) in [6.07, 6.45) is 9.28. The fourth-order valence-corrected chi connectivity index (χ4v) is 5.98. The molecule has 35 heavy (non-hydrogen) atoms. The Bertz CT molecular complexity index is 1150. The molecule has 0 bridgehead atoms. The van der Waals surface area contributed by atoms with Crippen molar-refractivity contribution in [3.8, 4) is 0 Å². The van der Waals surface area contributed by atoms with Gasteiger partial charge in [0.05, 0.1) is 22.1 Å². The third-order valence-corrected chi connectivity index (χ3v) is 7.63. The predicted molar refractivity (Wildman–Crippen MR) is 136 cm³/mol. The Morgan fingerprint density at radius 1 is 1.11 bits per heavy atom. The number of hydrogen-bond donors (Lipinski definition) is 1. The smallest absolute Gasteiger partial charge is 0.337 e. The van der Waals surface area contributed by atoms with Gasteiger partial charge in [-0.05, 0) is 45.4 Å². The third kappa shape index (κ3) is 4.68. The molecule has 0 amide bonds. The molecule has 1 N–H and O–H groups in total. The molecular weight excluding hydrogens is 468 g/mol. The van der Waals surface area contributed by atoms with Crippen molar-refractivity contribution in [1.29, 1.82) is 0 Å². The number of benzene rings is 1. The van der Waals surface area contributed by atoms with Crippen molar-refractivity contribution >= 4 is 29.9 Å². The number of nitrogens with one attached hydrogen (secondary N) is 1. The van der Waals surface area contributed by atoms with Gasteiger partial charge in [0, 0.05) is 35.9 Å². The summed E-state index contributed by atoms with van der Waals surface area (Å²) in [4.78, 5) is 25.3. The molecule has 5 rings (SSSR count). The molecule has 1 aromatic heterocycles. The van der Waals surface area contributed by atoms with Gasteiger partial charge in [-0.2, -0.15) is 5.10 Å². The first-order valence-corrected chi connectivity index (χ1v) is 12.4. The van der Waals surface area contributed by atoms with Crippen LogP contribution < -0.4 is 5.32 Å². The predicted octanol–water partition coefficient (Wildman–Crippen LogP) is 6.12. The van der Waals surface area contributed by atoms with Crippen LogP contribution in [0.1, 0.15) is 93.4 Å². The van der Waals surface area contributed by atoms with Gasteiger partial charge < -0.3 is 10.1 Å². The second-order valence-corrected chi connectivity index (χ2v) is 9.83. The molecule has 2 aliphatic carbocycles. The number of rotatable bonds is 5. The number of hydrogen-bond acceptors (Lipinski definition) is 6. The summed E-state index contributed by atoms with van der Waals surface area (Å²) in [6.45, 7) is 1.85. The van der Waals surface area contributed by atoms with Gasteiger partial charge in [0.1, 0.15) is 11.9 Å². The maximum Gasteiger partial charge on any atom is 0.337 e. The Morgan fingerprint density at radius 3 is 2.46 bits per heavy atom. The lowest BCUT2D eigenvalue weighted by Gasteiger charge is -2.31. The van der Waals surface area contributed by atoms with Crippen molar-refractivity contribution in [3.05, 3.63) is 62.5 Å². The molecule has 8 nitrogen and oxygen atoms in total. The highest BCUT2D eigenvalue weighted by Crippen LogP contribution is 2.49. The zero-order valence-corrected chi connectivity index (χ0v) is 21.1. The number of allylic oxidation sites excluding steroid dienone is 1. The number of anilines is 1. The Balaban J connectivity index is 0.00000289. The van der Waals surface area contributed by atoms with E-state index in [0.29, 0.717) is 16.8 Å². The Labute approximate surface area is 211 Å². The van der Waals surface area contributed by atoms with Gasteiger partial charge in [-0.25, -0.2) is 4.79 Å². The summed E-state index contributed by atoms with van der Waals surface area (Å²) in [5, 5.41) is 20.3. The zero-order chi connectivity index (χ0) is 23.8. The van der Waals surface area contributed by atoms with E-state index < -0.39 is 5.92 Å². The first kappa shape index (κ1) is 25.2. The molecule has 1 atom stereocenters. The summed E-state index contributed by atoms with van der Waals surface area (Å²) in [5.74, 6) is 0.109. The van der Waals surface area contributed by atoms with E-state index in [4.69, 9.17) is 9.84 Å². The number of ether oxygens (including phenoxy) is 1. The van der Waals surface area contributed by atoms with E-state index in [9.17, 15) is 14.9 Å². The van der Waals surface area contributed by atoms with Crippen LogP contribution in [-0.2, 0) is 16.6 Å². The lowest BCUT2D eigenvalue weighted by Crippen LogP contribution is -2.29. The topological polar surface area (TPSA) is 99.3 Å². The molecule has 2 fully saturated rings. The van der Waals surface area contributed by atoms with E-state index in [-0.39, 0.29) is 41.0 Å². The number of esters is 1. The normalized spacial score (nSPS) is 20.7. The molecule has 188 valence electrons.